The van der Waals surface area contributed by atoms with E-state index in [1.807, 2.05) is 20.0 Å². The molecule has 6 nitrogen and oxygen atoms in total. The number of anilines is 1. The number of rotatable bonds is 3. The number of nitrogens with zero attached hydrogens (tertiary/aromatic N) is 5. The first-order chi connectivity index (χ1) is 9.32. The summed E-state index contributed by atoms with van der Waals surface area (Å²) in [5.41, 5.74) is 1.52. The van der Waals surface area contributed by atoms with E-state index in [1.54, 1.807) is 4.68 Å². The summed E-state index contributed by atoms with van der Waals surface area (Å²) in [5.74, 6) is 1.61. The molecule has 0 aliphatic rings. The molecule has 0 aromatic carbocycles. The Morgan fingerprint density at radius 1 is 1.30 bits per heavy atom. The maximum Gasteiger partial charge on any atom is 0.157 e. The number of aromatic nitrogens is 5. The van der Waals surface area contributed by atoms with E-state index in [4.69, 9.17) is 0 Å². The van der Waals surface area contributed by atoms with Crippen LogP contribution in [-0.2, 0) is 12.5 Å². The molecule has 2 rings (SSSR count). The summed E-state index contributed by atoms with van der Waals surface area (Å²) in [6.07, 6.45) is 0. The molecule has 0 aliphatic heterocycles. The lowest BCUT2D eigenvalue weighted by Crippen LogP contribution is -2.18. The largest absolute Gasteiger partial charge is 0.370 e. The third-order valence-corrected chi connectivity index (χ3v) is 3.32. The van der Waals surface area contributed by atoms with Gasteiger partial charge in [0.2, 0.25) is 0 Å². The molecule has 0 saturated carbocycles. The fraction of sp³-hybridized carbons (Fsp3) is 0.538. The quantitative estimate of drug-likeness (QED) is 0.931. The Morgan fingerprint density at radius 3 is 2.50 bits per heavy atom. The molecule has 0 spiro atoms. The number of nitrogens with one attached hydrogen (secondary N) is 1. The second-order valence-electron chi connectivity index (χ2n) is 5.59. The Kier molecular flexibility index (Phi) is 4.08. The topological polar surface area (TPSA) is 68.5 Å². The molecule has 2 aromatic heterocycles. The molecule has 2 heterocycles. The van der Waals surface area contributed by atoms with Gasteiger partial charge in [-0.3, -0.25) is 0 Å². The standard InChI is InChI=1S/C13H19BrN6/c1-6-15-9-7-8(10-11(14)18-19-20(10)5)16-12(17-9)13(2,3)4/h7H,6H2,1-5H3,(H,15,16,17). The summed E-state index contributed by atoms with van der Waals surface area (Å²) >= 11 is 3.42. The van der Waals surface area contributed by atoms with Crippen LogP contribution >= 0.6 is 15.9 Å². The van der Waals surface area contributed by atoms with Crippen LogP contribution in [-0.4, -0.2) is 31.5 Å². The first kappa shape index (κ1) is 14.9. The van der Waals surface area contributed by atoms with Gasteiger partial charge in [0.25, 0.3) is 0 Å². The van der Waals surface area contributed by atoms with Gasteiger partial charge in [-0.05, 0) is 22.9 Å². The average molecular weight is 339 g/mol. The molecule has 0 unspecified atom stereocenters. The first-order valence-electron chi connectivity index (χ1n) is 6.52. The van der Waals surface area contributed by atoms with Crippen LogP contribution in [0.3, 0.4) is 0 Å². The fourth-order valence-electron chi connectivity index (χ4n) is 1.78. The second-order valence-corrected chi connectivity index (χ2v) is 6.35. The molecule has 0 atom stereocenters. The third-order valence-electron chi connectivity index (χ3n) is 2.78. The number of hydrogen-bond donors (Lipinski definition) is 1. The molecule has 108 valence electrons. The van der Waals surface area contributed by atoms with Gasteiger partial charge in [-0.2, -0.15) is 0 Å². The zero-order chi connectivity index (χ0) is 14.9. The normalized spacial score (nSPS) is 11.7. The van der Waals surface area contributed by atoms with E-state index in [1.165, 1.54) is 0 Å². The van der Waals surface area contributed by atoms with Crippen molar-refractivity contribution >= 4 is 21.7 Å². The monoisotopic (exact) mass is 338 g/mol. The lowest BCUT2D eigenvalue weighted by atomic mass is 9.95. The Balaban J connectivity index is 2.61. The van der Waals surface area contributed by atoms with Gasteiger partial charge in [0.05, 0.1) is 5.69 Å². The van der Waals surface area contributed by atoms with Crippen LogP contribution in [0.1, 0.15) is 33.5 Å². The van der Waals surface area contributed by atoms with Gasteiger partial charge < -0.3 is 5.32 Å². The van der Waals surface area contributed by atoms with Gasteiger partial charge >= 0.3 is 0 Å². The van der Waals surface area contributed by atoms with E-state index in [-0.39, 0.29) is 5.41 Å². The van der Waals surface area contributed by atoms with Crippen molar-refractivity contribution in [2.24, 2.45) is 7.05 Å². The zero-order valence-electron chi connectivity index (χ0n) is 12.4. The van der Waals surface area contributed by atoms with Crippen molar-refractivity contribution < 1.29 is 0 Å². The lowest BCUT2D eigenvalue weighted by molar-refractivity contribution is 0.546. The van der Waals surface area contributed by atoms with E-state index in [0.29, 0.717) is 4.60 Å². The predicted octanol–water partition coefficient (Wildman–Crippen LogP) is 2.76. The van der Waals surface area contributed by atoms with Gasteiger partial charge in [-0.1, -0.05) is 26.0 Å². The molecule has 7 heteroatoms. The van der Waals surface area contributed by atoms with Crippen LogP contribution in [0.5, 0.6) is 0 Å². The van der Waals surface area contributed by atoms with E-state index in [9.17, 15) is 0 Å². The smallest absolute Gasteiger partial charge is 0.157 e. The zero-order valence-corrected chi connectivity index (χ0v) is 14.0. The SMILES string of the molecule is CCNc1cc(-c2c(Br)nnn2C)nc(C(C)(C)C)n1. The van der Waals surface area contributed by atoms with Crippen LogP contribution in [0.25, 0.3) is 11.4 Å². The summed E-state index contributed by atoms with van der Waals surface area (Å²) < 4.78 is 2.38. The number of halogens is 1. The van der Waals surface area contributed by atoms with Gasteiger partial charge in [-0.25, -0.2) is 14.6 Å². The number of aryl methyl sites for hydroxylation is 1. The number of hydrogen-bond acceptors (Lipinski definition) is 5. The van der Waals surface area contributed by atoms with Gasteiger partial charge in [-0.15, -0.1) is 5.10 Å². The summed E-state index contributed by atoms with van der Waals surface area (Å²) in [4.78, 5) is 9.25. The Morgan fingerprint density at radius 2 is 2.00 bits per heavy atom. The molecule has 0 fully saturated rings. The second kappa shape index (κ2) is 5.47. The summed E-state index contributed by atoms with van der Waals surface area (Å²) in [6, 6.07) is 1.92. The fourth-order valence-corrected chi connectivity index (χ4v) is 2.31. The van der Waals surface area contributed by atoms with E-state index in [2.05, 4.69) is 62.3 Å². The van der Waals surface area contributed by atoms with E-state index in [0.717, 1.165) is 29.6 Å². The summed E-state index contributed by atoms with van der Waals surface area (Å²) in [6.45, 7) is 9.14. The highest BCUT2D eigenvalue weighted by Crippen LogP contribution is 2.28. The Bertz CT molecular complexity index is 594. The van der Waals surface area contributed by atoms with Crippen LogP contribution in [0, 0.1) is 0 Å². The van der Waals surface area contributed by atoms with E-state index < -0.39 is 0 Å². The van der Waals surface area contributed by atoms with Gasteiger partial charge in [0.15, 0.2) is 4.60 Å². The van der Waals surface area contributed by atoms with Gasteiger partial charge in [0.1, 0.15) is 17.3 Å². The minimum Gasteiger partial charge on any atom is -0.370 e. The molecule has 0 saturated heterocycles. The predicted molar refractivity (Wildman–Crippen MR) is 82.6 cm³/mol. The molecule has 20 heavy (non-hydrogen) atoms. The highest BCUT2D eigenvalue weighted by atomic mass is 79.9. The average Bonchev–Trinajstić information content (AvgIpc) is 2.68. The Labute approximate surface area is 127 Å². The highest BCUT2D eigenvalue weighted by molar-refractivity contribution is 9.10. The molecule has 0 bridgehead atoms. The minimum absolute atomic E-state index is 0.126. The Hall–Kier alpha value is -1.50. The van der Waals surface area contributed by atoms with Crippen molar-refractivity contribution in [2.45, 2.75) is 33.1 Å². The van der Waals surface area contributed by atoms with Crippen molar-refractivity contribution in [1.29, 1.82) is 0 Å². The van der Waals surface area contributed by atoms with Crippen molar-refractivity contribution in [3.05, 3.63) is 16.5 Å². The van der Waals surface area contributed by atoms with Crippen LogP contribution < -0.4 is 5.32 Å². The van der Waals surface area contributed by atoms with Crippen molar-refractivity contribution in [2.75, 3.05) is 11.9 Å². The molecule has 2 aromatic rings. The molecular formula is C13H19BrN6. The van der Waals surface area contributed by atoms with Gasteiger partial charge in [0, 0.05) is 25.1 Å². The maximum absolute atomic E-state index is 4.67. The van der Waals surface area contributed by atoms with E-state index >= 15 is 0 Å². The molecular weight excluding hydrogens is 320 g/mol. The molecule has 0 radical (unpaired) electrons. The van der Waals surface area contributed by atoms with Crippen LogP contribution in [0.2, 0.25) is 0 Å². The third kappa shape index (κ3) is 2.98. The van der Waals surface area contributed by atoms with Crippen LogP contribution in [0.15, 0.2) is 10.7 Å². The van der Waals surface area contributed by atoms with Crippen molar-refractivity contribution in [3.8, 4) is 11.4 Å². The molecule has 1 N–H and O–H groups in total. The summed E-state index contributed by atoms with van der Waals surface area (Å²) in [7, 11) is 1.85. The first-order valence-corrected chi connectivity index (χ1v) is 7.31. The molecule has 0 aliphatic carbocycles. The highest BCUT2D eigenvalue weighted by Gasteiger charge is 2.21. The molecule has 0 amide bonds. The summed E-state index contributed by atoms with van der Waals surface area (Å²) in [5, 5.41) is 11.3. The maximum atomic E-state index is 4.67. The van der Waals surface area contributed by atoms with Crippen molar-refractivity contribution in [1.82, 2.24) is 25.0 Å². The lowest BCUT2D eigenvalue weighted by Gasteiger charge is -2.18. The van der Waals surface area contributed by atoms with Crippen LogP contribution in [0.4, 0.5) is 5.82 Å². The van der Waals surface area contributed by atoms with Crippen molar-refractivity contribution in [3.63, 3.8) is 0 Å². The minimum atomic E-state index is -0.126.